The van der Waals surface area contributed by atoms with Crippen molar-refractivity contribution < 1.29 is 8.42 Å². The van der Waals surface area contributed by atoms with Gasteiger partial charge in [-0.25, -0.2) is 23.5 Å². The van der Waals surface area contributed by atoms with E-state index < -0.39 is 10.0 Å². The number of imidazole rings is 1. The SMILES string of the molecule is NS(=O)(=O)c1ccc(-c2nc3cccnc3n2-c2ccccc2)cc1. The summed E-state index contributed by atoms with van der Waals surface area (Å²) < 4.78 is 24.9. The summed E-state index contributed by atoms with van der Waals surface area (Å²) in [6.07, 6.45) is 1.72. The number of hydrogen-bond acceptors (Lipinski definition) is 4. The van der Waals surface area contributed by atoms with Crippen LogP contribution in [0.25, 0.3) is 28.2 Å². The number of pyridine rings is 1. The van der Waals surface area contributed by atoms with E-state index in [2.05, 4.69) is 9.97 Å². The van der Waals surface area contributed by atoms with Crippen LogP contribution < -0.4 is 5.14 Å². The van der Waals surface area contributed by atoms with Crippen molar-refractivity contribution in [3.05, 3.63) is 72.9 Å². The Morgan fingerprint density at radius 2 is 1.60 bits per heavy atom. The van der Waals surface area contributed by atoms with E-state index in [1.54, 1.807) is 18.3 Å². The Morgan fingerprint density at radius 1 is 0.880 bits per heavy atom. The Bertz CT molecular complexity index is 1150. The molecule has 0 spiro atoms. The molecular weight excluding hydrogens is 336 g/mol. The Hall–Kier alpha value is -3.03. The van der Waals surface area contributed by atoms with Crippen LogP contribution in [0.5, 0.6) is 0 Å². The number of benzene rings is 2. The summed E-state index contributed by atoms with van der Waals surface area (Å²) in [5, 5.41) is 5.17. The molecule has 2 aromatic carbocycles. The lowest BCUT2D eigenvalue weighted by Crippen LogP contribution is -2.11. The number of para-hydroxylation sites is 1. The lowest BCUT2D eigenvalue weighted by molar-refractivity contribution is 0.598. The number of rotatable bonds is 3. The zero-order valence-electron chi connectivity index (χ0n) is 13.1. The highest BCUT2D eigenvalue weighted by Gasteiger charge is 2.16. The molecule has 0 unspecified atom stereocenters. The summed E-state index contributed by atoms with van der Waals surface area (Å²) >= 11 is 0. The zero-order chi connectivity index (χ0) is 17.4. The van der Waals surface area contributed by atoms with Gasteiger partial charge in [-0.2, -0.15) is 0 Å². The fraction of sp³-hybridized carbons (Fsp3) is 0. The minimum absolute atomic E-state index is 0.0664. The van der Waals surface area contributed by atoms with Crippen LogP contribution in [-0.4, -0.2) is 23.0 Å². The summed E-state index contributed by atoms with van der Waals surface area (Å²) in [5.41, 5.74) is 3.19. The van der Waals surface area contributed by atoms with E-state index in [4.69, 9.17) is 5.14 Å². The van der Waals surface area contributed by atoms with Gasteiger partial charge in [-0.15, -0.1) is 0 Å². The van der Waals surface area contributed by atoms with E-state index >= 15 is 0 Å². The van der Waals surface area contributed by atoms with Crippen LogP contribution in [0.4, 0.5) is 0 Å². The molecule has 0 atom stereocenters. The molecule has 124 valence electrons. The highest BCUT2D eigenvalue weighted by atomic mass is 32.2. The van der Waals surface area contributed by atoms with E-state index in [0.29, 0.717) is 5.82 Å². The summed E-state index contributed by atoms with van der Waals surface area (Å²) in [6, 6.07) is 19.8. The molecule has 0 saturated carbocycles. The molecule has 0 saturated heterocycles. The Balaban J connectivity index is 1.96. The van der Waals surface area contributed by atoms with Crippen molar-refractivity contribution in [1.82, 2.24) is 14.5 Å². The maximum Gasteiger partial charge on any atom is 0.238 e. The van der Waals surface area contributed by atoms with Crippen molar-refractivity contribution in [3.8, 4) is 17.1 Å². The van der Waals surface area contributed by atoms with E-state index in [9.17, 15) is 8.42 Å². The summed E-state index contributed by atoms with van der Waals surface area (Å²) in [6.45, 7) is 0. The molecular formula is C18H14N4O2S. The Kier molecular flexibility index (Phi) is 3.60. The first kappa shape index (κ1) is 15.5. The molecule has 0 bridgehead atoms. The van der Waals surface area contributed by atoms with Gasteiger partial charge in [0.2, 0.25) is 10.0 Å². The molecule has 25 heavy (non-hydrogen) atoms. The van der Waals surface area contributed by atoms with Gasteiger partial charge in [0.25, 0.3) is 0 Å². The zero-order valence-corrected chi connectivity index (χ0v) is 13.9. The van der Waals surface area contributed by atoms with E-state index in [0.717, 1.165) is 22.4 Å². The molecule has 2 N–H and O–H groups in total. The quantitative estimate of drug-likeness (QED) is 0.615. The maximum absolute atomic E-state index is 11.5. The molecule has 7 heteroatoms. The summed E-state index contributed by atoms with van der Waals surface area (Å²) in [7, 11) is -3.73. The smallest absolute Gasteiger partial charge is 0.238 e. The fourth-order valence-electron chi connectivity index (χ4n) is 2.72. The van der Waals surface area contributed by atoms with Gasteiger partial charge in [0, 0.05) is 17.4 Å². The number of nitrogens with zero attached hydrogens (tertiary/aromatic N) is 3. The first-order chi connectivity index (χ1) is 12.0. The molecule has 6 nitrogen and oxygen atoms in total. The second kappa shape index (κ2) is 5.80. The number of fused-ring (bicyclic) bond motifs is 1. The lowest BCUT2D eigenvalue weighted by atomic mass is 10.2. The van der Waals surface area contributed by atoms with Crippen molar-refractivity contribution in [2.24, 2.45) is 5.14 Å². The van der Waals surface area contributed by atoms with Crippen LogP contribution in [0.3, 0.4) is 0 Å². The van der Waals surface area contributed by atoms with Gasteiger partial charge in [0.1, 0.15) is 11.3 Å². The number of sulfonamides is 1. The Labute approximate surface area is 144 Å². The molecule has 0 fully saturated rings. The van der Waals surface area contributed by atoms with Crippen molar-refractivity contribution in [1.29, 1.82) is 0 Å². The predicted molar refractivity (Wildman–Crippen MR) is 95.7 cm³/mol. The molecule has 0 aliphatic carbocycles. The average Bonchev–Trinajstić information content (AvgIpc) is 3.01. The second-order valence-electron chi connectivity index (χ2n) is 5.52. The highest BCUT2D eigenvalue weighted by Crippen LogP contribution is 2.28. The third-order valence-electron chi connectivity index (χ3n) is 3.87. The van der Waals surface area contributed by atoms with Crippen LogP contribution in [0, 0.1) is 0 Å². The van der Waals surface area contributed by atoms with Crippen LogP contribution in [0.2, 0.25) is 0 Å². The highest BCUT2D eigenvalue weighted by molar-refractivity contribution is 7.89. The van der Waals surface area contributed by atoms with Gasteiger partial charge in [-0.3, -0.25) is 4.57 Å². The van der Waals surface area contributed by atoms with E-state index in [1.807, 2.05) is 47.0 Å². The largest absolute Gasteiger partial charge is 0.277 e. The van der Waals surface area contributed by atoms with Gasteiger partial charge in [-0.05, 0) is 48.5 Å². The van der Waals surface area contributed by atoms with E-state index in [-0.39, 0.29) is 4.90 Å². The molecule has 0 radical (unpaired) electrons. The van der Waals surface area contributed by atoms with Gasteiger partial charge in [0.05, 0.1) is 4.90 Å². The minimum atomic E-state index is -3.73. The van der Waals surface area contributed by atoms with Crippen molar-refractivity contribution in [2.75, 3.05) is 0 Å². The third-order valence-corrected chi connectivity index (χ3v) is 4.80. The maximum atomic E-state index is 11.5. The van der Waals surface area contributed by atoms with Crippen LogP contribution in [0.15, 0.2) is 77.8 Å². The molecule has 2 heterocycles. The number of aromatic nitrogens is 3. The lowest BCUT2D eigenvalue weighted by Gasteiger charge is -2.09. The third kappa shape index (κ3) is 2.79. The first-order valence-corrected chi connectivity index (χ1v) is 9.11. The van der Waals surface area contributed by atoms with Gasteiger partial charge in [0.15, 0.2) is 5.65 Å². The Morgan fingerprint density at radius 3 is 2.28 bits per heavy atom. The standard InChI is InChI=1S/C18H14N4O2S/c19-25(23,24)15-10-8-13(9-11-15)17-21-16-7-4-12-20-18(16)22(17)14-5-2-1-3-6-14/h1-12H,(H2,19,23,24). The van der Waals surface area contributed by atoms with Crippen molar-refractivity contribution >= 4 is 21.2 Å². The van der Waals surface area contributed by atoms with Gasteiger partial charge < -0.3 is 0 Å². The molecule has 0 amide bonds. The number of nitrogens with two attached hydrogens (primary N) is 1. The second-order valence-corrected chi connectivity index (χ2v) is 7.08. The predicted octanol–water partition coefficient (Wildman–Crippen LogP) is 2.73. The minimum Gasteiger partial charge on any atom is -0.277 e. The number of hydrogen-bond donors (Lipinski definition) is 1. The first-order valence-electron chi connectivity index (χ1n) is 7.56. The number of primary sulfonamides is 1. The summed E-state index contributed by atoms with van der Waals surface area (Å²) in [4.78, 5) is 9.18. The van der Waals surface area contributed by atoms with Crippen LogP contribution in [0.1, 0.15) is 0 Å². The molecule has 0 aliphatic heterocycles. The van der Waals surface area contributed by atoms with Crippen molar-refractivity contribution in [3.63, 3.8) is 0 Å². The van der Waals surface area contributed by atoms with Crippen molar-refractivity contribution in [2.45, 2.75) is 4.90 Å². The fourth-order valence-corrected chi connectivity index (χ4v) is 3.24. The molecule has 4 aromatic rings. The molecule has 0 aliphatic rings. The van der Waals surface area contributed by atoms with Crippen LogP contribution in [-0.2, 0) is 10.0 Å². The molecule has 4 rings (SSSR count). The monoisotopic (exact) mass is 350 g/mol. The normalized spacial score (nSPS) is 11.7. The molecule has 2 aromatic heterocycles. The van der Waals surface area contributed by atoms with Gasteiger partial charge in [-0.1, -0.05) is 18.2 Å². The van der Waals surface area contributed by atoms with Gasteiger partial charge >= 0.3 is 0 Å². The van der Waals surface area contributed by atoms with E-state index in [1.165, 1.54) is 12.1 Å². The van der Waals surface area contributed by atoms with Crippen LogP contribution >= 0.6 is 0 Å². The topological polar surface area (TPSA) is 90.9 Å². The average molecular weight is 350 g/mol. The summed E-state index contributed by atoms with van der Waals surface area (Å²) in [5.74, 6) is 0.681.